The molecule has 0 spiro atoms. The van der Waals surface area contributed by atoms with E-state index in [1.54, 1.807) is 6.92 Å². The number of hydrogen-bond donors (Lipinski definition) is 1. The highest BCUT2D eigenvalue weighted by Gasteiger charge is 2.18. The normalized spacial score (nSPS) is 12.4. The van der Waals surface area contributed by atoms with Gasteiger partial charge in [-0.1, -0.05) is 0 Å². The van der Waals surface area contributed by atoms with Crippen LogP contribution in [0.15, 0.2) is 16.7 Å². The molecule has 0 bridgehead atoms. The Morgan fingerprint density at radius 1 is 1.75 bits per heavy atom. The minimum Gasteiger partial charge on any atom is -0.478 e. The first-order chi connectivity index (χ1) is 5.66. The van der Waals surface area contributed by atoms with Crippen molar-refractivity contribution < 1.29 is 19.1 Å². The second-order valence-electron chi connectivity index (χ2n) is 2.43. The molecule has 64 valence electrons. The van der Waals surface area contributed by atoms with Crippen LogP contribution in [0.1, 0.15) is 29.0 Å². The Hall–Kier alpha value is -1.58. The quantitative estimate of drug-likeness (QED) is 0.690. The molecule has 0 aliphatic heterocycles. The lowest BCUT2D eigenvalue weighted by Gasteiger charge is -1.99. The van der Waals surface area contributed by atoms with E-state index in [4.69, 9.17) is 9.52 Å². The first-order valence-electron chi connectivity index (χ1n) is 3.42. The van der Waals surface area contributed by atoms with E-state index in [9.17, 15) is 9.59 Å². The number of aldehydes is 1. The fourth-order valence-electron chi connectivity index (χ4n) is 0.912. The van der Waals surface area contributed by atoms with Gasteiger partial charge >= 0.3 is 5.97 Å². The van der Waals surface area contributed by atoms with Crippen molar-refractivity contribution >= 4 is 12.3 Å². The first kappa shape index (κ1) is 8.52. The third-order valence-electron chi connectivity index (χ3n) is 1.54. The molecule has 4 nitrogen and oxygen atoms in total. The number of carboxylic acid groups (broad SMARTS) is 1. The van der Waals surface area contributed by atoms with Gasteiger partial charge in [0.1, 0.15) is 17.6 Å². The Morgan fingerprint density at radius 2 is 2.42 bits per heavy atom. The van der Waals surface area contributed by atoms with Gasteiger partial charge in [-0.15, -0.1) is 0 Å². The van der Waals surface area contributed by atoms with E-state index < -0.39 is 11.9 Å². The lowest BCUT2D eigenvalue weighted by Crippen LogP contribution is -2.02. The first-order valence-corrected chi connectivity index (χ1v) is 3.42. The summed E-state index contributed by atoms with van der Waals surface area (Å²) in [7, 11) is 0. The van der Waals surface area contributed by atoms with Crippen LogP contribution in [0.25, 0.3) is 0 Å². The number of carbonyl (C=O) groups excluding carboxylic acids is 1. The van der Waals surface area contributed by atoms with Gasteiger partial charge in [0.15, 0.2) is 0 Å². The van der Waals surface area contributed by atoms with Gasteiger partial charge in [0.25, 0.3) is 0 Å². The lowest BCUT2D eigenvalue weighted by atomic mass is 10.1. The van der Waals surface area contributed by atoms with Crippen molar-refractivity contribution in [2.75, 3.05) is 0 Å². The van der Waals surface area contributed by atoms with Crippen molar-refractivity contribution in [1.29, 1.82) is 0 Å². The second-order valence-corrected chi connectivity index (χ2v) is 2.43. The van der Waals surface area contributed by atoms with Crippen LogP contribution in [0.3, 0.4) is 0 Å². The predicted octanol–water partition coefficient (Wildman–Crippen LogP) is 1.28. The van der Waals surface area contributed by atoms with Gasteiger partial charge in [-0.3, -0.25) is 0 Å². The van der Waals surface area contributed by atoms with Crippen LogP contribution in [0.2, 0.25) is 0 Å². The maximum Gasteiger partial charge on any atom is 0.339 e. The lowest BCUT2D eigenvalue weighted by molar-refractivity contribution is -0.109. The molecule has 0 amide bonds. The van der Waals surface area contributed by atoms with Crippen molar-refractivity contribution in [3.8, 4) is 0 Å². The molecule has 0 aromatic carbocycles. The van der Waals surface area contributed by atoms with E-state index in [0.717, 1.165) is 0 Å². The third kappa shape index (κ3) is 1.37. The van der Waals surface area contributed by atoms with Crippen molar-refractivity contribution in [2.24, 2.45) is 0 Å². The van der Waals surface area contributed by atoms with Crippen molar-refractivity contribution in [3.63, 3.8) is 0 Å². The summed E-state index contributed by atoms with van der Waals surface area (Å²) in [4.78, 5) is 20.9. The number of rotatable bonds is 3. The van der Waals surface area contributed by atoms with Crippen molar-refractivity contribution in [1.82, 2.24) is 0 Å². The van der Waals surface area contributed by atoms with Gasteiger partial charge in [0.2, 0.25) is 0 Å². The number of aromatic carboxylic acids is 1. The fourth-order valence-corrected chi connectivity index (χ4v) is 0.912. The molecule has 12 heavy (non-hydrogen) atoms. The van der Waals surface area contributed by atoms with Crippen molar-refractivity contribution in [2.45, 2.75) is 12.8 Å². The van der Waals surface area contributed by atoms with E-state index in [1.165, 1.54) is 12.3 Å². The number of carboxylic acids is 1. The third-order valence-corrected chi connectivity index (χ3v) is 1.54. The minimum absolute atomic E-state index is 0.0506. The van der Waals surface area contributed by atoms with Crippen LogP contribution < -0.4 is 0 Å². The summed E-state index contributed by atoms with van der Waals surface area (Å²) < 4.78 is 4.87. The summed E-state index contributed by atoms with van der Waals surface area (Å²) in [5.74, 6) is -1.38. The zero-order chi connectivity index (χ0) is 9.14. The molecule has 1 rings (SSSR count). The molecule has 4 heteroatoms. The number of furan rings is 1. The SMILES string of the molecule is CC(C=O)c1occc1C(=O)O. The van der Waals surface area contributed by atoms with Crippen LogP contribution in [-0.2, 0) is 4.79 Å². The number of carbonyl (C=O) groups is 2. The Kier molecular flexibility index (Phi) is 2.28. The van der Waals surface area contributed by atoms with Crippen LogP contribution in [0, 0.1) is 0 Å². The molecule has 0 fully saturated rings. The Labute approximate surface area is 68.8 Å². The molecule has 0 saturated carbocycles. The monoisotopic (exact) mass is 168 g/mol. The van der Waals surface area contributed by atoms with Crippen molar-refractivity contribution in [3.05, 3.63) is 23.7 Å². The Morgan fingerprint density at radius 3 is 2.92 bits per heavy atom. The van der Waals surface area contributed by atoms with Crippen LogP contribution in [0.4, 0.5) is 0 Å². The largest absolute Gasteiger partial charge is 0.478 e. The van der Waals surface area contributed by atoms with E-state index >= 15 is 0 Å². The number of hydrogen-bond acceptors (Lipinski definition) is 3. The van der Waals surface area contributed by atoms with E-state index in [1.807, 2.05) is 0 Å². The smallest absolute Gasteiger partial charge is 0.339 e. The average molecular weight is 168 g/mol. The summed E-state index contributed by atoms with van der Waals surface area (Å²) in [6, 6.07) is 1.33. The molecule has 1 aromatic heterocycles. The maximum absolute atomic E-state index is 10.5. The molecule has 0 aliphatic rings. The minimum atomic E-state index is -1.08. The highest BCUT2D eigenvalue weighted by Crippen LogP contribution is 2.19. The topological polar surface area (TPSA) is 67.5 Å². The van der Waals surface area contributed by atoms with Crippen LogP contribution >= 0.6 is 0 Å². The van der Waals surface area contributed by atoms with Gasteiger partial charge in [-0.05, 0) is 13.0 Å². The van der Waals surface area contributed by atoms with Gasteiger partial charge in [-0.25, -0.2) is 4.79 Å². The zero-order valence-electron chi connectivity index (χ0n) is 6.48. The van der Waals surface area contributed by atoms with E-state index in [2.05, 4.69) is 0 Å². The van der Waals surface area contributed by atoms with E-state index in [-0.39, 0.29) is 11.3 Å². The van der Waals surface area contributed by atoms with Crippen LogP contribution in [0.5, 0.6) is 0 Å². The van der Waals surface area contributed by atoms with Gasteiger partial charge in [-0.2, -0.15) is 0 Å². The second kappa shape index (κ2) is 3.21. The Bertz CT molecular complexity index is 300. The fraction of sp³-hybridized carbons (Fsp3) is 0.250. The van der Waals surface area contributed by atoms with Gasteiger partial charge in [0, 0.05) is 0 Å². The molecular weight excluding hydrogens is 160 g/mol. The molecule has 0 radical (unpaired) electrons. The Balaban J connectivity index is 3.06. The molecule has 1 unspecified atom stereocenters. The summed E-state index contributed by atoms with van der Waals surface area (Å²) in [5.41, 5.74) is 0.0506. The maximum atomic E-state index is 10.5. The zero-order valence-corrected chi connectivity index (χ0v) is 6.48. The average Bonchev–Trinajstić information content (AvgIpc) is 2.50. The van der Waals surface area contributed by atoms with E-state index in [0.29, 0.717) is 6.29 Å². The molecule has 1 atom stereocenters. The predicted molar refractivity (Wildman–Crippen MR) is 40.1 cm³/mol. The molecule has 1 aromatic rings. The summed E-state index contributed by atoms with van der Waals surface area (Å²) in [6.45, 7) is 1.58. The summed E-state index contributed by atoms with van der Waals surface area (Å²) in [5, 5.41) is 8.62. The molecule has 1 heterocycles. The summed E-state index contributed by atoms with van der Waals surface area (Å²) >= 11 is 0. The molecular formula is C8H8O4. The van der Waals surface area contributed by atoms with Crippen LogP contribution in [-0.4, -0.2) is 17.4 Å². The molecule has 0 saturated heterocycles. The standard InChI is InChI=1S/C8H8O4/c1-5(4-9)7-6(8(10)11)2-3-12-7/h2-5H,1H3,(H,10,11). The molecule has 1 N–H and O–H groups in total. The van der Waals surface area contributed by atoms with Gasteiger partial charge < -0.3 is 14.3 Å². The van der Waals surface area contributed by atoms with Gasteiger partial charge in [0.05, 0.1) is 12.2 Å². The highest BCUT2D eigenvalue weighted by molar-refractivity contribution is 5.89. The highest BCUT2D eigenvalue weighted by atomic mass is 16.4. The molecule has 0 aliphatic carbocycles. The summed E-state index contributed by atoms with van der Waals surface area (Å²) in [6.07, 6.45) is 1.91.